The van der Waals surface area contributed by atoms with E-state index in [0.29, 0.717) is 0 Å². The third kappa shape index (κ3) is 1.85. The standard InChI is InChI=1S/C6H8Cl4/c7-4-2-1-3-6(9,10)5(4)8/h4-5H,1-3H2/t4-,5-/m1/s1. The third-order valence-corrected chi connectivity index (χ3v) is 4.06. The molecule has 0 aliphatic heterocycles. The van der Waals surface area contributed by atoms with Gasteiger partial charge in [0.2, 0.25) is 0 Å². The van der Waals surface area contributed by atoms with Crippen LogP contribution in [0.5, 0.6) is 0 Å². The molecule has 1 fully saturated rings. The molecule has 1 rings (SSSR count). The number of halogens is 4. The highest BCUT2D eigenvalue weighted by Crippen LogP contribution is 2.43. The molecule has 10 heavy (non-hydrogen) atoms. The van der Waals surface area contributed by atoms with Crippen molar-refractivity contribution in [2.75, 3.05) is 0 Å². The first-order chi connectivity index (χ1) is 4.54. The Morgan fingerprint density at radius 2 is 1.80 bits per heavy atom. The summed E-state index contributed by atoms with van der Waals surface area (Å²) in [6.45, 7) is 0. The Kier molecular flexibility index (Phi) is 3.02. The molecule has 0 N–H and O–H groups in total. The number of hydrogen-bond acceptors (Lipinski definition) is 0. The van der Waals surface area contributed by atoms with Crippen LogP contribution in [-0.4, -0.2) is 15.1 Å². The van der Waals surface area contributed by atoms with E-state index in [2.05, 4.69) is 0 Å². The maximum Gasteiger partial charge on any atom is 0.136 e. The minimum atomic E-state index is -0.813. The highest BCUT2D eigenvalue weighted by molar-refractivity contribution is 6.53. The van der Waals surface area contributed by atoms with Crippen molar-refractivity contribution >= 4 is 46.4 Å². The van der Waals surface area contributed by atoms with Gasteiger partial charge in [-0.1, -0.05) is 23.2 Å². The van der Waals surface area contributed by atoms with Crippen molar-refractivity contribution in [1.82, 2.24) is 0 Å². The van der Waals surface area contributed by atoms with Crippen molar-refractivity contribution in [2.45, 2.75) is 34.3 Å². The summed E-state index contributed by atoms with van der Waals surface area (Å²) in [7, 11) is 0. The third-order valence-electron chi connectivity index (χ3n) is 1.71. The Morgan fingerprint density at radius 3 is 2.20 bits per heavy atom. The van der Waals surface area contributed by atoms with Crippen molar-refractivity contribution in [1.29, 1.82) is 0 Å². The normalized spacial score (nSPS) is 39.6. The van der Waals surface area contributed by atoms with E-state index < -0.39 is 4.33 Å². The molecule has 0 aromatic carbocycles. The molecule has 1 aliphatic carbocycles. The van der Waals surface area contributed by atoms with E-state index in [1.54, 1.807) is 0 Å². The molecular weight excluding hydrogens is 214 g/mol. The SMILES string of the molecule is Cl[C@@H]1CCCC(Cl)(Cl)[C@@H]1Cl. The molecule has 0 nitrogen and oxygen atoms in total. The van der Waals surface area contributed by atoms with Crippen LogP contribution >= 0.6 is 46.4 Å². The van der Waals surface area contributed by atoms with Gasteiger partial charge < -0.3 is 0 Å². The Hall–Kier alpha value is 1.16. The van der Waals surface area contributed by atoms with Crippen molar-refractivity contribution in [3.63, 3.8) is 0 Å². The van der Waals surface area contributed by atoms with Crippen LogP contribution in [0.25, 0.3) is 0 Å². The zero-order valence-corrected chi connectivity index (χ0v) is 8.31. The summed E-state index contributed by atoms with van der Waals surface area (Å²) < 4.78 is -0.813. The highest BCUT2D eigenvalue weighted by atomic mass is 35.5. The Balaban J connectivity index is 2.60. The van der Waals surface area contributed by atoms with Crippen LogP contribution in [0.2, 0.25) is 0 Å². The minimum Gasteiger partial charge on any atom is -0.121 e. The fourth-order valence-electron chi connectivity index (χ4n) is 1.08. The van der Waals surface area contributed by atoms with Gasteiger partial charge in [0.05, 0.1) is 10.8 Å². The molecule has 60 valence electrons. The maximum absolute atomic E-state index is 5.87. The topological polar surface area (TPSA) is 0 Å². The second-order valence-electron chi connectivity index (χ2n) is 2.57. The second-order valence-corrected chi connectivity index (χ2v) is 5.14. The van der Waals surface area contributed by atoms with Gasteiger partial charge in [-0.3, -0.25) is 0 Å². The van der Waals surface area contributed by atoms with Gasteiger partial charge >= 0.3 is 0 Å². The van der Waals surface area contributed by atoms with Crippen LogP contribution in [0.1, 0.15) is 19.3 Å². The molecule has 0 unspecified atom stereocenters. The van der Waals surface area contributed by atoms with Crippen LogP contribution in [-0.2, 0) is 0 Å². The lowest BCUT2D eigenvalue weighted by molar-refractivity contribution is 0.492. The fraction of sp³-hybridized carbons (Fsp3) is 1.00. The van der Waals surface area contributed by atoms with E-state index >= 15 is 0 Å². The van der Waals surface area contributed by atoms with Gasteiger partial charge in [0.25, 0.3) is 0 Å². The van der Waals surface area contributed by atoms with Gasteiger partial charge in [-0.15, -0.1) is 23.2 Å². The quantitative estimate of drug-likeness (QED) is 0.549. The molecule has 2 atom stereocenters. The predicted octanol–water partition coefficient (Wildman–Crippen LogP) is 3.56. The van der Waals surface area contributed by atoms with Gasteiger partial charge in [0.1, 0.15) is 4.33 Å². The van der Waals surface area contributed by atoms with Gasteiger partial charge in [-0.05, 0) is 19.3 Å². The molecule has 0 heterocycles. The molecule has 0 aromatic heterocycles. The molecule has 0 spiro atoms. The molecule has 0 saturated heterocycles. The van der Waals surface area contributed by atoms with Crippen molar-refractivity contribution in [3.05, 3.63) is 0 Å². The van der Waals surface area contributed by atoms with Gasteiger partial charge in [-0.25, -0.2) is 0 Å². The molecule has 1 saturated carbocycles. The average molecular weight is 222 g/mol. The summed E-state index contributed by atoms with van der Waals surface area (Å²) in [6, 6.07) is 0. The lowest BCUT2D eigenvalue weighted by Gasteiger charge is -2.33. The van der Waals surface area contributed by atoms with Crippen LogP contribution in [0.15, 0.2) is 0 Å². The first kappa shape index (κ1) is 9.25. The van der Waals surface area contributed by atoms with Crippen molar-refractivity contribution < 1.29 is 0 Å². The Bertz CT molecular complexity index is 123. The molecule has 4 heteroatoms. The summed E-state index contributed by atoms with van der Waals surface area (Å²) in [5.41, 5.74) is 0. The van der Waals surface area contributed by atoms with Crippen molar-refractivity contribution in [3.8, 4) is 0 Å². The van der Waals surface area contributed by atoms with E-state index in [0.717, 1.165) is 19.3 Å². The Morgan fingerprint density at radius 1 is 1.20 bits per heavy atom. The van der Waals surface area contributed by atoms with Crippen LogP contribution in [0, 0.1) is 0 Å². The van der Waals surface area contributed by atoms with E-state index in [1.807, 2.05) is 0 Å². The number of alkyl halides is 4. The highest BCUT2D eigenvalue weighted by Gasteiger charge is 2.41. The molecule has 0 radical (unpaired) electrons. The Labute approximate surface area is 80.8 Å². The van der Waals surface area contributed by atoms with E-state index in [-0.39, 0.29) is 10.8 Å². The van der Waals surface area contributed by atoms with Crippen LogP contribution in [0.4, 0.5) is 0 Å². The largest absolute Gasteiger partial charge is 0.136 e. The smallest absolute Gasteiger partial charge is 0.121 e. The van der Waals surface area contributed by atoms with Crippen LogP contribution < -0.4 is 0 Å². The predicted molar refractivity (Wildman–Crippen MR) is 47.6 cm³/mol. The first-order valence-electron chi connectivity index (χ1n) is 3.20. The fourth-order valence-corrected chi connectivity index (χ4v) is 2.39. The monoisotopic (exact) mass is 220 g/mol. The summed E-state index contributed by atoms with van der Waals surface area (Å²) >= 11 is 23.4. The first-order valence-corrected chi connectivity index (χ1v) is 4.83. The summed E-state index contributed by atoms with van der Waals surface area (Å²) in [5, 5.41) is -0.392. The second kappa shape index (κ2) is 3.26. The van der Waals surface area contributed by atoms with Gasteiger partial charge in [0.15, 0.2) is 0 Å². The summed E-state index contributed by atoms with van der Waals surface area (Å²) in [5.74, 6) is 0. The number of rotatable bonds is 0. The average Bonchev–Trinajstić information content (AvgIpc) is 1.83. The molecule has 0 aromatic rings. The van der Waals surface area contributed by atoms with E-state index in [4.69, 9.17) is 46.4 Å². The van der Waals surface area contributed by atoms with Crippen LogP contribution in [0.3, 0.4) is 0 Å². The molecule has 1 aliphatic rings. The van der Waals surface area contributed by atoms with Gasteiger partial charge in [0, 0.05) is 0 Å². The van der Waals surface area contributed by atoms with E-state index in [1.165, 1.54) is 0 Å². The maximum atomic E-state index is 5.87. The lowest BCUT2D eigenvalue weighted by atomic mass is 9.99. The zero-order chi connectivity index (χ0) is 7.78. The summed E-state index contributed by atoms with van der Waals surface area (Å²) in [4.78, 5) is 0. The molecule has 0 amide bonds. The van der Waals surface area contributed by atoms with E-state index in [9.17, 15) is 0 Å². The zero-order valence-electron chi connectivity index (χ0n) is 5.29. The summed E-state index contributed by atoms with van der Waals surface area (Å²) in [6.07, 6.45) is 2.62. The lowest BCUT2D eigenvalue weighted by Crippen LogP contribution is -2.38. The van der Waals surface area contributed by atoms with Crippen molar-refractivity contribution in [2.24, 2.45) is 0 Å². The molecule has 0 bridgehead atoms. The molecular formula is C6H8Cl4. The minimum absolute atomic E-state index is 0.0783. The van der Waals surface area contributed by atoms with Gasteiger partial charge in [-0.2, -0.15) is 0 Å². The number of hydrogen-bond donors (Lipinski definition) is 0.